The number of carbonyl (C=O) groups is 2. The summed E-state index contributed by atoms with van der Waals surface area (Å²) in [4.78, 5) is 25.4. The van der Waals surface area contributed by atoms with E-state index in [0.717, 1.165) is 24.7 Å². The van der Waals surface area contributed by atoms with Gasteiger partial charge in [-0.1, -0.05) is 30.3 Å². The Balaban J connectivity index is 1.92. The maximum atomic E-state index is 12.3. The van der Waals surface area contributed by atoms with Crippen molar-refractivity contribution in [1.29, 1.82) is 0 Å². The zero-order valence-electron chi connectivity index (χ0n) is 13.9. The van der Waals surface area contributed by atoms with Crippen molar-refractivity contribution < 1.29 is 19.1 Å². The topological polar surface area (TPSA) is 55.8 Å². The molecule has 1 amide bonds. The molecule has 0 bridgehead atoms. The summed E-state index contributed by atoms with van der Waals surface area (Å²) in [5.41, 5.74) is 0.120. The molecule has 23 heavy (non-hydrogen) atoms. The molecule has 0 spiro atoms. The zero-order chi connectivity index (χ0) is 16.7. The molecule has 1 aromatic carbocycles. The van der Waals surface area contributed by atoms with E-state index in [4.69, 9.17) is 9.47 Å². The number of piperidine rings is 1. The summed E-state index contributed by atoms with van der Waals surface area (Å²) in [5.74, 6) is -0.00187. The average molecular weight is 319 g/mol. The fourth-order valence-electron chi connectivity index (χ4n) is 2.98. The number of rotatable bonds is 6. The minimum atomic E-state index is -0.840. The quantitative estimate of drug-likeness (QED) is 0.756. The molecular weight excluding hydrogens is 294 g/mol. The molecule has 5 nitrogen and oxygen atoms in total. The van der Waals surface area contributed by atoms with Gasteiger partial charge in [0.1, 0.15) is 12.2 Å². The Morgan fingerprint density at radius 1 is 1.39 bits per heavy atom. The van der Waals surface area contributed by atoms with E-state index < -0.39 is 5.60 Å². The zero-order valence-corrected chi connectivity index (χ0v) is 13.9. The van der Waals surface area contributed by atoms with Gasteiger partial charge in [-0.25, -0.2) is 4.79 Å². The molecule has 1 aliphatic rings. The SMILES string of the molecule is CCOC(C)(C=O)C1CCCN(C(=O)OCc2ccccc2)C1. The molecule has 0 N–H and O–H groups in total. The van der Waals surface area contributed by atoms with Crippen LogP contribution < -0.4 is 0 Å². The van der Waals surface area contributed by atoms with Gasteiger partial charge >= 0.3 is 6.09 Å². The molecule has 1 heterocycles. The molecule has 5 heteroatoms. The smallest absolute Gasteiger partial charge is 0.410 e. The Morgan fingerprint density at radius 2 is 2.13 bits per heavy atom. The van der Waals surface area contributed by atoms with Crippen LogP contribution in [0.4, 0.5) is 4.79 Å². The van der Waals surface area contributed by atoms with Crippen LogP contribution in [-0.4, -0.2) is 42.6 Å². The van der Waals surface area contributed by atoms with Crippen molar-refractivity contribution in [2.24, 2.45) is 5.92 Å². The summed E-state index contributed by atoms with van der Waals surface area (Å²) in [7, 11) is 0. The van der Waals surface area contributed by atoms with Crippen molar-refractivity contribution in [2.75, 3.05) is 19.7 Å². The predicted molar refractivity (Wildman–Crippen MR) is 87.0 cm³/mol. The first-order valence-electron chi connectivity index (χ1n) is 8.15. The molecule has 1 aromatic rings. The number of carbonyl (C=O) groups excluding carboxylic acids is 2. The van der Waals surface area contributed by atoms with Crippen LogP contribution in [0.15, 0.2) is 30.3 Å². The number of hydrogen-bond acceptors (Lipinski definition) is 4. The number of amides is 1. The van der Waals surface area contributed by atoms with Crippen LogP contribution >= 0.6 is 0 Å². The highest BCUT2D eigenvalue weighted by atomic mass is 16.6. The summed E-state index contributed by atoms with van der Waals surface area (Å²) in [6.07, 6.45) is 2.25. The Morgan fingerprint density at radius 3 is 2.78 bits per heavy atom. The largest absolute Gasteiger partial charge is 0.445 e. The fraction of sp³-hybridized carbons (Fsp3) is 0.556. The van der Waals surface area contributed by atoms with Crippen molar-refractivity contribution in [3.8, 4) is 0 Å². The summed E-state index contributed by atoms with van der Waals surface area (Å²) < 4.78 is 11.0. The van der Waals surface area contributed by atoms with E-state index in [2.05, 4.69) is 0 Å². The maximum Gasteiger partial charge on any atom is 0.410 e. The number of nitrogens with zero attached hydrogens (tertiary/aromatic N) is 1. The lowest BCUT2D eigenvalue weighted by Gasteiger charge is -2.39. The Bertz CT molecular complexity index is 519. The van der Waals surface area contributed by atoms with Crippen LogP contribution in [0.25, 0.3) is 0 Å². The van der Waals surface area contributed by atoms with Crippen molar-refractivity contribution >= 4 is 12.4 Å². The second-order valence-corrected chi connectivity index (χ2v) is 6.06. The summed E-state index contributed by atoms with van der Waals surface area (Å²) in [5, 5.41) is 0. The van der Waals surface area contributed by atoms with Gasteiger partial charge in [0, 0.05) is 25.6 Å². The number of likely N-dealkylation sites (tertiary alicyclic amines) is 1. The molecule has 0 radical (unpaired) electrons. The molecular formula is C18H25NO4. The molecule has 126 valence electrons. The van der Waals surface area contributed by atoms with Gasteiger partial charge in [-0.05, 0) is 32.3 Å². The Kier molecular flexibility index (Phi) is 6.16. The van der Waals surface area contributed by atoms with Gasteiger partial charge in [0.15, 0.2) is 6.29 Å². The van der Waals surface area contributed by atoms with Gasteiger partial charge in [-0.2, -0.15) is 0 Å². The second kappa shape index (κ2) is 8.11. The molecule has 1 aliphatic heterocycles. The third-order valence-electron chi connectivity index (χ3n) is 4.38. The summed E-state index contributed by atoms with van der Waals surface area (Å²) in [6.45, 7) is 5.55. The van der Waals surface area contributed by atoms with Crippen LogP contribution in [0.1, 0.15) is 32.3 Å². The molecule has 1 fully saturated rings. The standard InChI is InChI=1S/C18H25NO4/c1-3-23-18(2,14-20)16-10-7-11-19(12-16)17(21)22-13-15-8-5-4-6-9-15/h4-6,8-9,14,16H,3,7,10-13H2,1-2H3. The maximum absolute atomic E-state index is 12.3. The number of benzene rings is 1. The summed E-state index contributed by atoms with van der Waals surface area (Å²) in [6, 6.07) is 9.60. The van der Waals surface area contributed by atoms with Crippen molar-refractivity contribution in [2.45, 2.75) is 38.9 Å². The minimum absolute atomic E-state index is 0.00187. The highest BCUT2D eigenvalue weighted by Gasteiger charge is 2.39. The van der Waals surface area contributed by atoms with Crippen LogP contribution in [0.3, 0.4) is 0 Å². The molecule has 0 aromatic heterocycles. The van der Waals surface area contributed by atoms with E-state index in [0.29, 0.717) is 19.7 Å². The minimum Gasteiger partial charge on any atom is -0.445 e. The van der Waals surface area contributed by atoms with E-state index in [9.17, 15) is 9.59 Å². The number of hydrogen-bond donors (Lipinski definition) is 0. The van der Waals surface area contributed by atoms with Crippen molar-refractivity contribution in [1.82, 2.24) is 4.90 Å². The van der Waals surface area contributed by atoms with E-state index in [-0.39, 0.29) is 18.6 Å². The fourth-order valence-corrected chi connectivity index (χ4v) is 2.98. The van der Waals surface area contributed by atoms with Crippen molar-refractivity contribution in [3.63, 3.8) is 0 Å². The molecule has 0 aliphatic carbocycles. The molecule has 1 saturated heterocycles. The first-order chi connectivity index (χ1) is 11.1. The highest BCUT2D eigenvalue weighted by molar-refractivity contribution is 5.68. The van der Waals surface area contributed by atoms with E-state index >= 15 is 0 Å². The van der Waals surface area contributed by atoms with Crippen LogP contribution in [0.2, 0.25) is 0 Å². The average Bonchev–Trinajstić information content (AvgIpc) is 2.60. The Labute approximate surface area is 137 Å². The number of ether oxygens (including phenoxy) is 2. The van der Waals surface area contributed by atoms with Crippen LogP contribution in [0.5, 0.6) is 0 Å². The molecule has 2 atom stereocenters. The number of aldehydes is 1. The van der Waals surface area contributed by atoms with Crippen LogP contribution in [0, 0.1) is 5.92 Å². The van der Waals surface area contributed by atoms with E-state index in [1.807, 2.05) is 37.3 Å². The lowest BCUT2D eigenvalue weighted by molar-refractivity contribution is -0.139. The van der Waals surface area contributed by atoms with Gasteiger partial charge in [0.2, 0.25) is 0 Å². The first kappa shape index (κ1) is 17.5. The van der Waals surface area contributed by atoms with Crippen LogP contribution in [-0.2, 0) is 20.9 Å². The predicted octanol–water partition coefficient (Wildman–Crippen LogP) is 3.03. The monoisotopic (exact) mass is 319 g/mol. The van der Waals surface area contributed by atoms with Gasteiger partial charge in [-0.3, -0.25) is 0 Å². The third kappa shape index (κ3) is 4.55. The van der Waals surface area contributed by atoms with Gasteiger partial charge in [0.05, 0.1) is 0 Å². The molecule has 2 rings (SSSR count). The normalized spacial score (nSPS) is 20.6. The first-order valence-corrected chi connectivity index (χ1v) is 8.15. The van der Waals surface area contributed by atoms with E-state index in [1.54, 1.807) is 11.8 Å². The lowest BCUT2D eigenvalue weighted by Crippen LogP contribution is -2.50. The van der Waals surface area contributed by atoms with Gasteiger partial charge in [-0.15, -0.1) is 0 Å². The van der Waals surface area contributed by atoms with E-state index in [1.165, 1.54) is 0 Å². The second-order valence-electron chi connectivity index (χ2n) is 6.06. The van der Waals surface area contributed by atoms with Crippen molar-refractivity contribution in [3.05, 3.63) is 35.9 Å². The highest BCUT2D eigenvalue weighted by Crippen LogP contribution is 2.29. The summed E-state index contributed by atoms with van der Waals surface area (Å²) >= 11 is 0. The molecule has 0 saturated carbocycles. The van der Waals surface area contributed by atoms with Gasteiger partial charge in [0.25, 0.3) is 0 Å². The van der Waals surface area contributed by atoms with Gasteiger partial charge < -0.3 is 19.2 Å². The third-order valence-corrected chi connectivity index (χ3v) is 4.38. The Hall–Kier alpha value is -1.88. The molecule has 2 unspecified atom stereocenters. The lowest BCUT2D eigenvalue weighted by atomic mass is 9.83.